The highest BCUT2D eigenvalue weighted by atomic mass is 79.9. The zero-order chi connectivity index (χ0) is 15.1. The van der Waals surface area contributed by atoms with Crippen LogP contribution in [0.25, 0.3) is 15.9 Å². The molecular weight excluding hydrogens is 380 g/mol. The van der Waals surface area contributed by atoms with Crippen LogP contribution in [0.5, 0.6) is 0 Å². The van der Waals surface area contributed by atoms with Crippen LogP contribution in [-0.4, -0.2) is 20.9 Å². The van der Waals surface area contributed by atoms with Crippen molar-refractivity contribution >= 4 is 55.1 Å². The van der Waals surface area contributed by atoms with Crippen LogP contribution in [0.3, 0.4) is 0 Å². The van der Waals surface area contributed by atoms with Crippen LogP contribution in [0, 0.1) is 0 Å². The summed E-state index contributed by atoms with van der Waals surface area (Å²) in [6.45, 7) is 0. The van der Waals surface area contributed by atoms with E-state index in [-0.39, 0.29) is 5.39 Å². The van der Waals surface area contributed by atoms with E-state index >= 15 is 0 Å². The number of fused-ring (bicyclic) bond motifs is 1. The van der Waals surface area contributed by atoms with Gasteiger partial charge in [-0.3, -0.25) is 4.79 Å². The maximum atomic E-state index is 12.1. The number of hydrogen-bond acceptors (Lipinski definition) is 4. The van der Waals surface area contributed by atoms with Gasteiger partial charge in [0.15, 0.2) is 0 Å². The zero-order valence-electron chi connectivity index (χ0n) is 10.2. The van der Waals surface area contributed by atoms with Crippen molar-refractivity contribution in [1.29, 1.82) is 0 Å². The van der Waals surface area contributed by atoms with Crippen molar-refractivity contribution in [2.45, 2.75) is 0 Å². The van der Waals surface area contributed by atoms with Gasteiger partial charge in [-0.15, -0.1) is 11.3 Å². The van der Waals surface area contributed by atoms with Crippen LogP contribution in [0.1, 0.15) is 10.5 Å². The number of carboxylic acid groups (broad SMARTS) is 1. The van der Waals surface area contributed by atoms with Crippen LogP contribution < -0.4 is 5.43 Å². The lowest BCUT2D eigenvalue weighted by Gasteiger charge is -2.08. The van der Waals surface area contributed by atoms with E-state index in [4.69, 9.17) is 16.7 Å². The molecule has 8 heteroatoms. The van der Waals surface area contributed by atoms with Crippen molar-refractivity contribution in [2.75, 3.05) is 0 Å². The Hall–Kier alpha value is -1.70. The molecule has 0 saturated carbocycles. The van der Waals surface area contributed by atoms with E-state index in [1.807, 2.05) is 0 Å². The molecule has 106 valence electrons. The van der Waals surface area contributed by atoms with Crippen LogP contribution in [-0.2, 0) is 0 Å². The van der Waals surface area contributed by atoms with Crippen molar-refractivity contribution in [2.24, 2.45) is 0 Å². The van der Waals surface area contributed by atoms with Crippen LogP contribution in [0.4, 0.5) is 0 Å². The molecule has 2 aromatic heterocycles. The van der Waals surface area contributed by atoms with Gasteiger partial charge in [-0.2, -0.15) is 5.10 Å². The fraction of sp³-hybridized carbons (Fsp3) is 0. The van der Waals surface area contributed by atoms with Crippen LogP contribution in [0.15, 0.2) is 39.6 Å². The number of hydrogen-bond donors (Lipinski definition) is 1. The van der Waals surface area contributed by atoms with Gasteiger partial charge < -0.3 is 5.11 Å². The van der Waals surface area contributed by atoms with Gasteiger partial charge in [0.2, 0.25) is 11.1 Å². The van der Waals surface area contributed by atoms with Crippen molar-refractivity contribution in [3.05, 3.63) is 55.1 Å². The predicted octanol–water partition coefficient (Wildman–Crippen LogP) is 3.56. The summed E-state index contributed by atoms with van der Waals surface area (Å²) in [5, 5.41) is 13.3. The number of halogens is 2. The molecule has 3 rings (SSSR count). The van der Waals surface area contributed by atoms with Gasteiger partial charge in [0.1, 0.15) is 4.83 Å². The SMILES string of the molecule is O=C(O)c1nn(-c2ccc(Br)cc2)c2sc(Cl)cc2c1=O. The number of rotatable bonds is 2. The van der Waals surface area contributed by atoms with Gasteiger partial charge in [-0.1, -0.05) is 27.5 Å². The molecule has 0 aliphatic rings. The van der Waals surface area contributed by atoms with Crippen molar-refractivity contribution in [3.8, 4) is 5.69 Å². The zero-order valence-corrected chi connectivity index (χ0v) is 13.4. The molecule has 0 amide bonds. The normalized spacial score (nSPS) is 11.0. The maximum absolute atomic E-state index is 12.1. The summed E-state index contributed by atoms with van der Waals surface area (Å²) in [5.41, 5.74) is -0.516. The smallest absolute Gasteiger partial charge is 0.360 e. The second-order valence-corrected chi connectivity index (χ2v) is 6.72. The van der Waals surface area contributed by atoms with Gasteiger partial charge >= 0.3 is 5.97 Å². The minimum atomic E-state index is -1.37. The first-order valence-electron chi connectivity index (χ1n) is 5.69. The first-order chi connectivity index (χ1) is 9.97. The molecule has 21 heavy (non-hydrogen) atoms. The molecule has 5 nitrogen and oxygen atoms in total. The first kappa shape index (κ1) is 14.2. The molecule has 1 aromatic carbocycles. The topological polar surface area (TPSA) is 72.2 Å². The summed E-state index contributed by atoms with van der Waals surface area (Å²) >= 11 is 10.5. The Bertz CT molecular complexity index is 918. The van der Waals surface area contributed by atoms with Crippen molar-refractivity contribution in [3.63, 3.8) is 0 Å². The Labute approximate surface area is 135 Å². The molecule has 0 unspecified atom stereocenters. The Morgan fingerprint density at radius 2 is 2.00 bits per heavy atom. The average molecular weight is 386 g/mol. The number of thiophene rings is 1. The minimum Gasteiger partial charge on any atom is -0.476 e. The standard InChI is InChI=1S/C13H6BrClN2O3S/c14-6-1-3-7(4-2-6)17-12-8(5-9(15)21-12)11(18)10(16-17)13(19)20/h1-5H,(H,19,20). The quantitative estimate of drug-likeness (QED) is 0.732. The van der Waals surface area contributed by atoms with Crippen molar-refractivity contribution < 1.29 is 9.90 Å². The number of aromatic nitrogens is 2. The highest BCUT2D eigenvalue weighted by Crippen LogP contribution is 2.29. The number of benzene rings is 1. The second-order valence-electron chi connectivity index (χ2n) is 4.14. The second kappa shape index (κ2) is 5.25. The third-order valence-electron chi connectivity index (χ3n) is 2.81. The van der Waals surface area contributed by atoms with Gasteiger partial charge in [0.25, 0.3) is 0 Å². The molecule has 0 fully saturated rings. The van der Waals surface area contributed by atoms with Gasteiger partial charge in [0.05, 0.1) is 15.4 Å². The summed E-state index contributed by atoms with van der Waals surface area (Å²) in [6, 6.07) is 8.60. The monoisotopic (exact) mass is 384 g/mol. The fourth-order valence-electron chi connectivity index (χ4n) is 1.89. The van der Waals surface area contributed by atoms with Gasteiger partial charge in [-0.05, 0) is 30.3 Å². The molecule has 0 spiro atoms. The third kappa shape index (κ3) is 2.48. The molecule has 0 bridgehead atoms. The Kier molecular flexibility index (Phi) is 3.56. The van der Waals surface area contributed by atoms with E-state index in [0.717, 1.165) is 4.47 Å². The molecule has 1 N–H and O–H groups in total. The number of carboxylic acids is 1. The molecule has 0 atom stereocenters. The molecular formula is C13H6BrClN2O3S. The molecule has 0 saturated heterocycles. The maximum Gasteiger partial charge on any atom is 0.360 e. The van der Waals surface area contributed by atoms with Gasteiger partial charge in [0, 0.05) is 4.47 Å². The number of carbonyl (C=O) groups is 1. The lowest BCUT2D eigenvalue weighted by atomic mass is 10.2. The van der Waals surface area contributed by atoms with E-state index in [9.17, 15) is 9.59 Å². The molecule has 0 aliphatic heterocycles. The largest absolute Gasteiger partial charge is 0.476 e. The molecule has 2 heterocycles. The van der Waals surface area contributed by atoms with E-state index in [0.29, 0.717) is 14.9 Å². The highest BCUT2D eigenvalue weighted by molar-refractivity contribution is 9.10. The van der Waals surface area contributed by atoms with Crippen molar-refractivity contribution in [1.82, 2.24) is 9.78 Å². The third-order valence-corrected chi connectivity index (χ3v) is 4.58. The van der Waals surface area contributed by atoms with Crippen LogP contribution >= 0.6 is 38.9 Å². The van der Waals surface area contributed by atoms with E-state index in [2.05, 4.69) is 21.0 Å². The Morgan fingerprint density at radius 3 is 2.62 bits per heavy atom. The Balaban J connectivity index is 2.40. The van der Waals surface area contributed by atoms with E-state index in [1.54, 1.807) is 24.3 Å². The average Bonchev–Trinajstić information content (AvgIpc) is 2.82. The molecule has 0 aliphatic carbocycles. The fourth-order valence-corrected chi connectivity index (χ4v) is 3.34. The first-order valence-corrected chi connectivity index (χ1v) is 7.68. The lowest BCUT2D eigenvalue weighted by molar-refractivity contribution is 0.0687. The van der Waals surface area contributed by atoms with E-state index < -0.39 is 17.1 Å². The lowest BCUT2D eigenvalue weighted by Crippen LogP contribution is -2.21. The summed E-state index contributed by atoms with van der Waals surface area (Å²) in [6.07, 6.45) is 0. The summed E-state index contributed by atoms with van der Waals surface area (Å²) in [7, 11) is 0. The molecule has 0 radical (unpaired) electrons. The van der Waals surface area contributed by atoms with Crippen LogP contribution in [0.2, 0.25) is 4.34 Å². The number of aromatic carboxylic acids is 1. The summed E-state index contributed by atoms with van der Waals surface area (Å²) in [4.78, 5) is 23.8. The molecule has 3 aromatic rings. The minimum absolute atomic E-state index is 0.250. The highest BCUT2D eigenvalue weighted by Gasteiger charge is 2.19. The summed E-state index contributed by atoms with van der Waals surface area (Å²) in [5.74, 6) is -1.37. The summed E-state index contributed by atoms with van der Waals surface area (Å²) < 4.78 is 2.70. The predicted molar refractivity (Wildman–Crippen MR) is 84.9 cm³/mol. The number of nitrogens with zero attached hydrogens (tertiary/aromatic N) is 2. The van der Waals surface area contributed by atoms with Gasteiger partial charge in [-0.25, -0.2) is 9.48 Å². The van der Waals surface area contributed by atoms with E-state index in [1.165, 1.54) is 22.1 Å². The Morgan fingerprint density at radius 1 is 1.33 bits per heavy atom.